The van der Waals surface area contributed by atoms with Crippen LogP contribution in [-0.4, -0.2) is 6.54 Å². The summed E-state index contributed by atoms with van der Waals surface area (Å²) in [4.78, 5) is 1.54. The highest BCUT2D eigenvalue weighted by Crippen LogP contribution is 2.08. The number of hydrogen-bond donors (Lipinski definition) is 1. The van der Waals surface area contributed by atoms with Gasteiger partial charge in [0.15, 0.2) is 0 Å². The zero-order valence-corrected chi connectivity index (χ0v) is 9.92. The molecule has 1 aliphatic rings. The van der Waals surface area contributed by atoms with Gasteiger partial charge < -0.3 is 11.8 Å². The lowest BCUT2D eigenvalue weighted by atomic mass is 10.1. The molecule has 1 unspecified atom stereocenters. The SMILES string of the molecule is CCCCC1=C[NH+](CCCC)C=C1.[C-]#N. The molecule has 1 heterocycles. The summed E-state index contributed by atoms with van der Waals surface area (Å²) in [6, 6.07) is 0. The van der Waals surface area contributed by atoms with E-state index >= 15 is 0 Å². The molecule has 2 nitrogen and oxygen atoms in total. The summed E-state index contributed by atoms with van der Waals surface area (Å²) in [7, 11) is 0. The molecule has 0 aromatic carbocycles. The first kappa shape index (κ1) is 13.9. The lowest BCUT2D eigenvalue weighted by molar-refractivity contribution is -0.788. The van der Waals surface area contributed by atoms with Crippen molar-refractivity contribution in [2.24, 2.45) is 0 Å². The van der Waals surface area contributed by atoms with Crippen LogP contribution in [0, 0.1) is 11.8 Å². The van der Waals surface area contributed by atoms with Crippen LogP contribution in [0.4, 0.5) is 0 Å². The van der Waals surface area contributed by atoms with Gasteiger partial charge in [0.2, 0.25) is 0 Å². The summed E-state index contributed by atoms with van der Waals surface area (Å²) in [5.74, 6) is 0. The molecule has 0 aromatic rings. The number of hydrogen-bond acceptors (Lipinski definition) is 1. The third kappa shape index (κ3) is 6.09. The molecule has 1 N–H and O–H groups in total. The maximum absolute atomic E-state index is 6.25. The molecule has 0 aliphatic carbocycles. The van der Waals surface area contributed by atoms with Crippen LogP contribution in [-0.2, 0) is 0 Å². The molecule has 0 saturated carbocycles. The highest BCUT2D eigenvalue weighted by atomic mass is 15.1. The van der Waals surface area contributed by atoms with E-state index in [0.29, 0.717) is 0 Å². The van der Waals surface area contributed by atoms with Crippen molar-refractivity contribution in [2.75, 3.05) is 6.54 Å². The Labute approximate surface area is 93.9 Å². The summed E-state index contributed by atoms with van der Waals surface area (Å²) < 4.78 is 0. The Hall–Kier alpha value is -1.07. The van der Waals surface area contributed by atoms with Gasteiger partial charge in [-0.05, 0) is 19.3 Å². The topological polar surface area (TPSA) is 28.2 Å². The Bertz CT molecular complexity index is 226. The molecule has 0 radical (unpaired) electrons. The normalized spacial score (nSPS) is 18.1. The monoisotopic (exact) mass is 206 g/mol. The average Bonchev–Trinajstić information content (AvgIpc) is 2.74. The van der Waals surface area contributed by atoms with Crippen molar-refractivity contribution in [3.63, 3.8) is 0 Å². The van der Waals surface area contributed by atoms with Crippen LogP contribution in [0.1, 0.15) is 46.0 Å². The number of nitrogens with one attached hydrogen (secondary N) is 1. The minimum atomic E-state index is 1.27. The summed E-state index contributed by atoms with van der Waals surface area (Å²) in [6.07, 6.45) is 13.5. The van der Waals surface area contributed by atoms with Gasteiger partial charge in [-0.3, -0.25) is 4.90 Å². The third-order valence-electron chi connectivity index (χ3n) is 2.52. The Morgan fingerprint density at radius 1 is 1.20 bits per heavy atom. The number of allylic oxidation sites excluding steroid dienone is 2. The molecule has 0 saturated heterocycles. The molecule has 1 rings (SSSR count). The van der Waals surface area contributed by atoms with Gasteiger partial charge in [0.1, 0.15) is 6.20 Å². The predicted molar refractivity (Wildman–Crippen MR) is 62.5 cm³/mol. The Balaban J connectivity index is 0.000000921. The van der Waals surface area contributed by atoms with Crippen molar-refractivity contribution >= 4 is 0 Å². The second-order valence-corrected chi connectivity index (χ2v) is 3.83. The van der Waals surface area contributed by atoms with Crippen molar-refractivity contribution in [2.45, 2.75) is 46.0 Å². The largest absolute Gasteiger partial charge is 0.512 e. The Kier molecular flexibility index (Phi) is 8.81. The van der Waals surface area contributed by atoms with E-state index in [-0.39, 0.29) is 0 Å². The van der Waals surface area contributed by atoms with Crippen LogP contribution >= 0.6 is 0 Å². The van der Waals surface area contributed by atoms with E-state index in [4.69, 9.17) is 11.8 Å². The van der Waals surface area contributed by atoms with Crippen LogP contribution in [0.2, 0.25) is 0 Å². The first-order chi connectivity index (χ1) is 7.36. The van der Waals surface area contributed by atoms with E-state index in [1.165, 1.54) is 49.1 Å². The molecule has 84 valence electrons. The van der Waals surface area contributed by atoms with Crippen LogP contribution in [0.25, 0.3) is 0 Å². The van der Waals surface area contributed by atoms with E-state index in [1.807, 2.05) is 0 Å². The fourth-order valence-electron chi connectivity index (χ4n) is 1.62. The maximum Gasteiger partial charge on any atom is 0.102 e. The van der Waals surface area contributed by atoms with Gasteiger partial charge in [0, 0.05) is 11.6 Å². The molecule has 0 fully saturated rings. The molecule has 1 atom stereocenters. The molecule has 2 heteroatoms. The number of unbranched alkanes of at least 4 members (excludes halogenated alkanes) is 2. The summed E-state index contributed by atoms with van der Waals surface area (Å²) in [5, 5.41) is 6.25. The average molecular weight is 206 g/mol. The smallest absolute Gasteiger partial charge is 0.102 e. The van der Waals surface area contributed by atoms with Crippen LogP contribution in [0.15, 0.2) is 24.0 Å². The van der Waals surface area contributed by atoms with Crippen molar-refractivity contribution in [1.29, 1.82) is 5.26 Å². The zero-order valence-electron chi connectivity index (χ0n) is 9.92. The van der Waals surface area contributed by atoms with E-state index in [1.54, 1.807) is 0 Å². The van der Waals surface area contributed by atoms with Crippen molar-refractivity contribution in [3.8, 4) is 0 Å². The highest BCUT2D eigenvalue weighted by Gasteiger charge is 2.09. The fraction of sp³-hybridized carbons (Fsp3) is 0.615. The van der Waals surface area contributed by atoms with Gasteiger partial charge in [-0.15, -0.1) is 0 Å². The molecule has 15 heavy (non-hydrogen) atoms. The van der Waals surface area contributed by atoms with E-state index in [9.17, 15) is 0 Å². The quantitative estimate of drug-likeness (QED) is 0.664. The number of nitrogens with zero attached hydrogens (tertiary/aromatic N) is 1. The minimum absolute atomic E-state index is 1.27. The van der Waals surface area contributed by atoms with Gasteiger partial charge in [-0.25, -0.2) is 0 Å². The zero-order chi connectivity index (χ0) is 11.5. The molecule has 0 spiro atoms. The van der Waals surface area contributed by atoms with Gasteiger partial charge in [-0.2, -0.15) is 0 Å². The standard InChI is InChI=1S/C12H21N.CN/c1-3-5-7-12-8-10-13(11-12)9-6-4-2;1-2/h8,10-11H,3-7,9H2,1-2H3;/q;-1/p+1. The van der Waals surface area contributed by atoms with Gasteiger partial charge in [0.25, 0.3) is 0 Å². The number of rotatable bonds is 6. The van der Waals surface area contributed by atoms with Crippen molar-refractivity contribution in [1.82, 2.24) is 0 Å². The first-order valence-corrected chi connectivity index (χ1v) is 5.83. The molecule has 1 aliphatic heterocycles. The third-order valence-corrected chi connectivity index (χ3v) is 2.52. The summed E-state index contributed by atoms with van der Waals surface area (Å²) >= 11 is 0. The minimum Gasteiger partial charge on any atom is -0.512 e. The van der Waals surface area contributed by atoms with Crippen molar-refractivity contribution < 1.29 is 4.90 Å². The number of quaternary nitrogens is 1. The summed E-state index contributed by atoms with van der Waals surface area (Å²) in [5.41, 5.74) is 1.54. The second kappa shape index (κ2) is 9.48. The van der Waals surface area contributed by atoms with Crippen LogP contribution in [0.3, 0.4) is 0 Å². The lowest BCUT2D eigenvalue weighted by Crippen LogP contribution is -3.01. The van der Waals surface area contributed by atoms with Gasteiger partial charge in [0.05, 0.1) is 12.7 Å². The Morgan fingerprint density at radius 3 is 2.47 bits per heavy atom. The van der Waals surface area contributed by atoms with E-state index in [2.05, 4.69) is 32.3 Å². The van der Waals surface area contributed by atoms with Gasteiger partial charge >= 0.3 is 0 Å². The van der Waals surface area contributed by atoms with E-state index in [0.717, 1.165) is 0 Å². The molecular weight excluding hydrogens is 184 g/mol. The fourth-order valence-corrected chi connectivity index (χ4v) is 1.62. The molecule has 0 aromatic heterocycles. The second-order valence-electron chi connectivity index (χ2n) is 3.83. The van der Waals surface area contributed by atoms with Crippen LogP contribution in [0.5, 0.6) is 0 Å². The maximum atomic E-state index is 6.25. The lowest BCUT2D eigenvalue weighted by Gasteiger charge is -2.04. The molecule has 0 amide bonds. The molecular formula is C13H22N2. The first-order valence-electron chi connectivity index (χ1n) is 5.83. The molecule has 0 bridgehead atoms. The highest BCUT2D eigenvalue weighted by molar-refractivity contribution is 5.17. The van der Waals surface area contributed by atoms with Crippen molar-refractivity contribution in [3.05, 3.63) is 30.6 Å². The van der Waals surface area contributed by atoms with Gasteiger partial charge in [-0.1, -0.05) is 26.7 Å². The predicted octanol–water partition coefficient (Wildman–Crippen LogP) is 2.37. The Morgan fingerprint density at radius 2 is 1.87 bits per heavy atom. The van der Waals surface area contributed by atoms with E-state index < -0.39 is 0 Å². The summed E-state index contributed by atoms with van der Waals surface area (Å²) in [6.45, 7) is 10.5. The van der Waals surface area contributed by atoms with Crippen LogP contribution < -0.4 is 4.90 Å².